The molecule has 8 nitrogen and oxygen atoms in total. The van der Waals surface area contributed by atoms with E-state index in [0.717, 1.165) is 42.5 Å². The zero-order valence-electron chi connectivity index (χ0n) is 14.7. The number of alkyl halides is 3. The first-order valence-corrected chi connectivity index (χ1v) is 9.53. The number of rotatable bonds is 4. The highest BCUT2D eigenvalue weighted by Crippen LogP contribution is 2.40. The van der Waals surface area contributed by atoms with Gasteiger partial charge in [-0.15, -0.1) is 0 Å². The summed E-state index contributed by atoms with van der Waals surface area (Å²) in [6, 6.07) is 6.67. The Bertz CT molecular complexity index is 1100. The van der Waals surface area contributed by atoms with E-state index in [9.17, 15) is 35.6 Å². The van der Waals surface area contributed by atoms with Gasteiger partial charge in [0.25, 0.3) is 15.8 Å². The Morgan fingerprint density at radius 3 is 2.33 bits per heavy atom. The molecule has 0 bridgehead atoms. The summed E-state index contributed by atoms with van der Waals surface area (Å²) in [5.74, 6) is -3.42. The van der Waals surface area contributed by atoms with Crippen molar-refractivity contribution in [2.24, 2.45) is 0 Å². The van der Waals surface area contributed by atoms with Gasteiger partial charge in [0.2, 0.25) is 0 Å². The third kappa shape index (κ3) is 4.15. The van der Waals surface area contributed by atoms with Gasteiger partial charge < -0.3 is 9.84 Å². The quantitative estimate of drug-likeness (QED) is 0.696. The maximum atomic E-state index is 13.2. The minimum atomic E-state index is -5.28. The van der Waals surface area contributed by atoms with Crippen LogP contribution in [0.4, 0.5) is 33.7 Å². The van der Waals surface area contributed by atoms with Gasteiger partial charge in [0.1, 0.15) is 11.6 Å². The molecule has 0 saturated carbocycles. The van der Waals surface area contributed by atoms with Crippen molar-refractivity contribution in [3.05, 3.63) is 48.3 Å². The number of nitrogens with one attached hydrogen (secondary N) is 1. The number of carboxylic acid groups (broad SMARTS) is 1. The molecule has 1 heterocycles. The van der Waals surface area contributed by atoms with E-state index >= 15 is 0 Å². The second-order valence-corrected chi connectivity index (χ2v) is 7.93. The molecule has 1 amide bonds. The van der Waals surface area contributed by atoms with Crippen LogP contribution in [0.1, 0.15) is 0 Å². The maximum absolute atomic E-state index is 13.2. The molecule has 0 aromatic heterocycles. The van der Waals surface area contributed by atoms with Crippen molar-refractivity contribution in [3.63, 3.8) is 0 Å². The van der Waals surface area contributed by atoms with Crippen LogP contribution in [0, 0.1) is 5.82 Å². The van der Waals surface area contributed by atoms with E-state index in [-0.39, 0.29) is 17.1 Å². The van der Waals surface area contributed by atoms with Gasteiger partial charge in [0.15, 0.2) is 6.10 Å². The summed E-state index contributed by atoms with van der Waals surface area (Å²) in [6.07, 6.45) is -8.94. The molecular weight excluding hydrogens is 436 g/mol. The highest BCUT2D eigenvalue weighted by molar-refractivity contribution is 7.92. The average Bonchev–Trinajstić information content (AvgIpc) is 2.65. The summed E-state index contributed by atoms with van der Waals surface area (Å²) in [7, 11) is -4.56. The molecule has 0 saturated heterocycles. The number of sulfonamides is 1. The number of carbonyl (C=O) groups is 2. The van der Waals surface area contributed by atoms with Crippen molar-refractivity contribution in [3.8, 4) is 5.75 Å². The van der Waals surface area contributed by atoms with E-state index in [4.69, 9.17) is 9.84 Å². The smallest absolute Gasteiger partial charge is 0.454 e. The second-order valence-electron chi connectivity index (χ2n) is 6.07. The molecule has 1 atom stereocenters. The lowest BCUT2D eigenvalue weighted by atomic mass is 10.1. The Morgan fingerprint density at radius 1 is 1.13 bits per heavy atom. The van der Waals surface area contributed by atoms with Crippen LogP contribution >= 0.6 is 0 Å². The van der Waals surface area contributed by atoms with Crippen LogP contribution < -0.4 is 14.4 Å². The molecule has 2 aromatic carbocycles. The number of nitrogens with zero attached hydrogens (tertiary/aromatic N) is 1. The van der Waals surface area contributed by atoms with Crippen molar-refractivity contribution in [2.75, 3.05) is 16.2 Å². The molecule has 2 aromatic rings. The minimum Gasteiger partial charge on any atom is -0.478 e. The SMILES string of the molecule is O=C(O)Nc1ccc2c(c1)N(S(=O)(=O)c1ccc(F)cc1)CC(C(=O)C(F)(F)F)O2. The Balaban J connectivity index is 2.12. The number of ether oxygens (including phenoxy) is 1. The summed E-state index contributed by atoms with van der Waals surface area (Å²) in [5.41, 5.74) is -0.387. The molecule has 0 radical (unpaired) electrons. The zero-order chi connectivity index (χ0) is 22.3. The molecule has 30 heavy (non-hydrogen) atoms. The summed E-state index contributed by atoms with van der Waals surface area (Å²) in [5, 5.41) is 10.8. The standard InChI is InChI=1S/C17H12F4N2O6S/c18-9-1-4-11(5-2-9)30(27,28)23-8-14(15(24)17(19,20)21)29-13-6-3-10(7-12(13)23)22-16(25)26/h1-7,14,22H,8H2,(H,25,26). The minimum absolute atomic E-state index is 0.0928. The Kier molecular flexibility index (Phi) is 5.33. The van der Waals surface area contributed by atoms with Crippen molar-refractivity contribution in [1.82, 2.24) is 0 Å². The largest absolute Gasteiger partial charge is 0.478 e. The van der Waals surface area contributed by atoms with E-state index in [1.165, 1.54) is 0 Å². The first kappa shape index (κ1) is 21.4. The van der Waals surface area contributed by atoms with Gasteiger partial charge >= 0.3 is 12.3 Å². The fourth-order valence-electron chi connectivity index (χ4n) is 2.73. The van der Waals surface area contributed by atoms with Crippen LogP contribution in [0.2, 0.25) is 0 Å². The first-order chi connectivity index (χ1) is 13.9. The van der Waals surface area contributed by atoms with Gasteiger partial charge in [-0.3, -0.25) is 14.4 Å². The van der Waals surface area contributed by atoms with Crippen molar-refractivity contribution in [1.29, 1.82) is 0 Å². The van der Waals surface area contributed by atoms with E-state index in [1.807, 2.05) is 5.32 Å². The van der Waals surface area contributed by atoms with Crippen LogP contribution in [-0.2, 0) is 14.8 Å². The van der Waals surface area contributed by atoms with Crippen LogP contribution in [0.25, 0.3) is 0 Å². The predicted molar refractivity (Wildman–Crippen MR) is 94.5 cm³/mol. The highest BCUT2D eigenvalue weighted by Gasteiger charge is 2.48. The average molecular weight is 448 g/mol. The molecule has 160 valence electrons. The number of hydrogen-bond donors (Lipinski definition) is 2. The fourth-order valence-corrected chi connectivity index (χ4v) is 4.20. The molecule has 1 unspecified atom stereocenters. The van der Waals surface area contributed by atoms with Gasteiger partial charge in [-0.25, -0.2) is 17.6 Å². The molecule has 1 aliphatic rings. The molecule has 3 rings (SSSR count). The zero-order valence-corrected chi connectivity index (χ0v) is 15.5. The van der Waals surface area contributed by atoms with E-state index in [1.54, 1.807) is 0 Å². The predicted octanol–water partition coefficient (Wildman–Crippen LogP) is 3.00. The number of carbonyl (C=O) groups excluding carboxylic acids is 1. The van der Waals surface area contributed by atoms with Crippen LogP contribution in [0.15, 0.2) is 47.4 Å². The van der Waals surface area contributed by atoms with E-state index in [2.05, 4.69) is 0 Å². The Labute approximate surface area is 166 Å². The maximum Gasteiger partial charge on any atom is 0.454 e. The van der Waals surface area contributed by atoms with Crippen molar-refractivity contribution in [2.45, 2.75) is 17.2 Å². The summed E-state index contributed by atoms with van der Waals surface area (Å²) >= 11 is 0. The number of hydrogen-bond acceptors (Lipinski definition) is 5. The normalized spacial score (nSPS) is 16.4. The number of Topliss-reactive ketones (excluding diaryl/α,β-unsaturated/α-hetero) is 1. The number of anilines is 2. The molecule has 0 fully saturated rings. The Hall–Kier alpha value is -3.35. The van der Waals surface area contributed by atoms with Gasteiger partial charge in [-0.2, -0.15) is 13.2 Å². The van der Waals surface area contributed by atoms with Crippen LogP contribution in [0.3, 0.4) is 0 Å². The highest BCUT2D eigenvalue weighted by atomic mass is 32.2. The number of fused-ring (bicyclic) bond motifs is 1. The first-order valence-electron chi connectivity index (χ1n) is 8.09. The van der Waals surface area contributed by atoms with Crippen LogP contribution in [-0.4, -0.2) is 44.2 Å². The number of benzene rings is 2. The van der Waals surface area contributed by atoms with Gasteiger partial charge in [0, 0.05) is 5.69 Å². The molecule has 13 heteroatoms. The van der Waals surface area contributed by atoms with Gasteiger partial charge in [-0.1, -0.05) is 0 Å². The second kappa shape index (κ2) is 7.48. The van der Waals surface area contributed by atoms with Crippen LogP contribution in [0.5, 0.6) is 5.75 Å². The summed E-state index contributed by atoms with van der Waals surface area (Å²) < 4.78 is 83.4. The monoisotopic (exact) mass is 448 g/mol. The lowest BCUT2D eigenvalue weighted by Crippen LogP contribution is -2.50. The Morgan fingerprint density at radius 2 is 1.77 bits per heavy atom. The van der Waals surface area contributed by atoms with Crippen molar-refractivity contribution >= 4 is 33.3 Å². The molecule has 0 spiro atoms. The third-order valence-corrected chi connectivity index (χ3v) is 5.85. The van der Waals surface area contributed by atoms with Crippen molar-refractivity contribution < 1.29 is 45.4 Å². The molecular formula is C17H12F4N2O6S. The van der Waals surface area contributed by atoms with E-state index in [0.29, 0.717) is 4.31 Å². The summed E-state index contributed by atoms with van der Waals surface area (Å²) in [4.78, 5) is 22.1. The van der Waals surface area contributed by atoms with E-state index < -0.39 is 51.4 Å². The third-order valence-electron chi connectivity index (χ3n) is 4.05. The lowest BCUT2D eigenvalue weighted by Gasteiger charge is -2.35. The van der Waals surface area contributed by atoms with Gasteiger partial charge in [0.05, 0.1) is 17.1 Å². The molecule has 0 aliphatic carbocycles. The lowest BCUT2D eigenvalue weighted by molar-refractivity contribution is -0.178. The number of halogens is 4. The molecule has 2 N–H and O–H groups in total. The number of ketones is 1. The molecule has 1 aliphatic heterocycles. The fraction of sp³-hybridized carbons (Fsp3) is 0.176. The topological polar surface area (TPSA) is 113 Å². The summed E-state index contributed by atoms with van der Waals surface area (Å²) in [6.45, 7) is -1.03. The number of amides is 1. The van der Waals surface area contributed by atoms with Gasteiger partial charge in [-0.05, 0) is 42.5 Å².